The van der Waals surface area contributed by atoms with Crippen molar-refractivity contribution in [1.29, 1.82) is 0 Å². The van der Waals surface area contributed by atoms with Crippen LogP contribution in [0.25, 0.3) is 10.8 Å². The predicted molar refractivity (Wildman–Crippen MR) is 138 cm³/mol. The third-order valence-electron chi connectivity index (χ3n) is 5.65. The number of piperidine rings is 1. The molecule has 0 spiro atoms. The van der Waals surface area contributed by atoms with Crippen LogP contribution in [0, 0.1) is 0 Å². The molecule has 0 atom stereocenters. The third kappa shape index (κ3) is 6.10. The van der Waals surface area contributed by atoms with Crippen molar-refractivity contribution in [3.8, 4) is 0 Å². The Balaban J connectivity index is 1.39. The molecule has 3 aromatic carbocycles. The smallest absolute Gasteiger partial charge is 0.410 e. The molecule has 2 N–H and O–H groups in total. The zero-order valence-corrected chi connectivity index (χ0v) is 20.7. The number of benzene rings is 3. The van der Waals surface area contributed by atoms with Crippen LogP contribution in [-0.2, 0) is 4.74 Å². The summed E-state index contributed by atoms with van der Waals surface area (Å²) in [5, 5.41) is 5.13. The lowest BCUT2D eigenvalue weighted by Crippen LogP contribution is -2.45. The first kappa shape index (κ1) is 24.1. The highest BCUT2D eigenvalue weighted by Gasteiger charge is 2.27. The monoisotopic (exact) mass is 477 g/mol. The number of fused-ring (bicyclic) bond motifs is 1. The van der Waals surface area contributed by atoms with E-state index in [1.54, 1.807) is 29.0 Å². The summed E-state index contributed by atoms with van der Waals surface area (Å²) in [6.45, 7) is 7.02. The SMILES string of the molecule is CC(C)(C)OC(=O)N1CCC(NSc2ccc(NC(=O)c3ccccc3)c3ccccc23)CC1. The molecular weight excluding hydrogens is 446 g/mol. The van der Waals surface area contributed by atoms with Crippen molar-refractivity contribution < 1.29 is 14.3 Å². The largest absolute Gasteiger partial charge is 0.444 e. The number of carbonyl (C=O) groups is 2. The van der Waals surface area contributed by atoms with Crippen molar-refractivity contribution >= 4 is 40.4 Å². The molecular formula is C27H31N3O3S. The maximum Gasteiger partial charge on any atom is 0.410 e. The topological polar surface area (TPSA) is 70.7 Å². The standard InChI is InChI=1S/C27H31N3O3S/c1-27(2,3)33-26(32)30-17-15-20(16-18-30)29-34-24-14-13-23(21-11-7-8-12-22(21)24)28-25(31)19-9-5-4-6-10-19/h4-14,20,29H,15-18H2,1-3H3,(H,28,31). The van der Waals surface area contributed by atoms with E-state index in [2.05, 4.69) is 16.1 Å². The van der Waals surface area contributed by atoms with Gasteiger partial charge in [0.05, 0.1) is 0 Å². The molecule has 1 aliphatic rings. The van der Waals surface area contributed by atoms with Crippen LogP contribution >= 0.6 is 11.9 Å². The van der Waals surface area contributed by atoms with Gasteiger partial charge in [0.15, 0.2) is 0 Å². The second-order valence-corrected chi connectivity index (χ2v) is 10.3. The minimum atomic E-state index is -0.476. The molecule has 34 heavy (non-hydrogen) atoms. The molecule has 0 unspecified atom stereocenters. The molecule has 0 bridgehead atoms. The number of nitrogens with zero attached hydrogens (tertiary/aromatic N) is 1. The normalized spacial score (nSPS) is 14.7. The van der Waals surface area contributed by atoms with E-state index in [0.29, 0.717) is 24.7 Å². The highest BCUT2D eigenvalue weighted by Crippen LogP contribution is 2.32. The lowest BCUT2D eigenvalue weighted by atomic mass is 10.1. The van der Waals surface area contributed by atoms with Gasteiger partial charge in [0.1, 0.15) is 5.60 Å². The molecule has 0 aromatic heterocycles. The van der Waals surface area contributed by atoms with Crippen LogP contribution < -0.4 is 10.0 Å². The molecule has 4 rings (SSSR count). The van der Waals surface area contributed by atoms with Gasteiger partial charge in [-0.2, -0.15) is 0 Å². The molecule has 178 valence electrons. The first-order valence-electron chi connectivity index (χ1n) is 11.6. The van der Waals surface area contributed by atoms with Crippen molar-refractivity contribution in [2.45, 2.75) is 50.2 Å². The van der Waals surface area contributed by atoms with Crippen LogP contribution in [0.15, 0.2) is 71.6 Å². The summed E-state index contributed by atoms with van der Waals surface area (Å²) in [4.78, 5) is 27.8. The highest BCUT2D eigenvalue weighted by molar-refractivity contribution is 7.97. The van der Waals surface area contributed by atoms with E-state index in [1.165, 1.54) is 0 Å². The second kappa shape index (κ2) is 10.5. The Hall–Kier alpha value is -3.03. The van der Waals surface area contributed by atoms with Gasteiger partial charge in [-0.05, 0) is 75.2 Å². The van der Waals surface area contributed by atoms with Gasteiger partial charge >= 0.3 is 6.09 Å². The van der Waals surface area contributed by atoms with Gasteiger partial charge in [-0.1, -0.05) is 42.5 Å². The maximum absolute atomic E-state index is 12.7. The minimum Gasteiger partial charge on any atom is -0.444 e. The van der Waals surface area contributed by atoms with Crippen molar-refractivity contribution in [1.82, 2.24) is 9.62 Å². The van der Waals surface area contributed by atoms with Gasteiger partial charge in [0.25, 0.3) is 5.91 Å². The summed E-state index contributed by atoms with van der Waals surface area (Å²) >= 11 is 1.60. The van der Waals surface area contributed by atoms with Gasteiger partial charge in [-0.3, -0.25) is 9.52 Å². The summed E-state index contributed by atoms with van der Waals surface area (Å²) in [6, 6.07) is 21.6. The van der Waals surface area contributed by atoms with E-state index in [-0.39, 0.29) is 12.0 Å². The Morgan fingerprint density at radius 3 is 2.24 bits per heavy atom. The number of carbonyl (C=O) groups excluding carboxylic acids is 2. The van der Waals surface area contributed by atoms with E-state index in [1.807, 2.05) is 69.3 Å². The van der Waals surface area contributed by atoms with Gasteiger partial charge < -0.3 is 15.0 Å². The summed E-state index contributed by atoms with van der Waals surface area (Å²) in [7, 11) is 0. The number of likely N-dealkylation sites (tertiary alicyclic amines) is 1. The van der Waals surface area contributed by atoms with Crippen LogP contribution in [0.4, 0.5) is 10.5 Å². The van der Waals surface area contributed by atoms with Crippen molar-refractivity contribution in [3.63, 3.8) is 0 Å². The Morgan fingerprint density at radius 2 is 1.56 bits per heavy atom. The molecule has 0 aliphatic carbocycles. The zero-order chi connectivity index (χ0) is 24.1. The Labute approximate surface area is 205 Å². The van der Waals surface area contributed by atoms with Crippen LogP contribution in [0.5, 0.6) is 0 Å². The van der Waals surface area contributed by atoms with E-state index in [9.17, 15) is 9.59 Å². The Bertz CT molecular complexity index is 1150. The molecule has 3 aromatic rings. The predicted octanol–water partition coefficient (Wildman–Crippen LogP) is 6.09. The van der Waals surface area contributed by atoms with E-state index in [0.717, 1.165) is 34.2 Å². The number of hydrogen-bond acceptors (Lipinski definition) is 5. The number of rotatable bonds is 5. The van der Waals surface area contributed by atoms with E-state index < -0.39 is 5.60 Å². The van der Waals surface area contributed by atoms with Crippen LogP contribution in [0.3, 0.4) is 0 Å². The molecule has 0 radical (unpaired) electrons. The lowest BCUT2D eigenvalue weighted by Gasteiger charge is -2.33. The fourth-order valence-electron chi connectivity index (χ4n) is 3.91. The number of nitrogens with one attached hydrogen (secondary N) is 2. The quantitative estimate of drug-likeness (QED) is 0.435. The summed E-state index contributed by atoms with van der Waals surface area (Å²) in [6.07, 6.45) is 1.50. The molecule has 2 amide bonds. The summed E-state index contributed by atoms with van der Waals surface area (Å²) < 4.78 is 9.06. The first-order chi connectivity index (χ1) is 16.3. The Kier molecular flexibility index (Phi) is 7.44. The average molecular weight is 478 g/mol. The van der Waals surface area contributed by atoms with Crippen molar-refractivity contribution in [3.05, 3.63) is 72.3 Å². The Morgan fingerprint density at radius 1 is 0.912 bits per heavy atom. The van der Waals surface area contributed by atoms with Gasteiger partial charge in [0, 0.05) is 40.7 Å². The molecule has 1 saturated heterocycles. The van der Waals surface area contributed by atoms with Gasteiger partial charge in [-0.25, -0.2) is 4.79 Å². The summed E-state index contributed by atoms with van der Waals surface area (Å²) in [5.74, 6) is -0.124. The molecule has 1 aliphatic heterocycles. The molecule has 1 heterocycles. The number of hydrogen-bond donors (Lipinski definition) is 2. The summed E-state index contributed by atoms with van der Waals surface area (Å²) in [5.41, 5.74) is 0.944. The maximum atomic E-state index is 12.7. The zero-order valence-electron chi connectivity index (χ0n) is 19.8. The van der Waals surface area contributed by atoms with Crippen LogP contribution in [0.1, 0.15) is 44.0 Å². The second-order valence-electron chi connectivity index (χ2n) is 9.44. The van der Waals surface area contributed by atoms with E-state index in [4.69, 9.17) is 4.74 Å². The fourth-order valence-corrected chi connectivity index (χ4v) is 4.86. The number of anilines is 1. The lowest BCUT2D eigenvalue weighted by molar-refractivity contribution is 0.0204. The molecule has 7 heteroatoms. The molecule has 6 nitrogen and oxygen atoms in total. The number of ether oxygens (including phenoxy) is 1. The van der Waals surface area contributed by atoms with Crippen molar-refractivity contribution in [2.75, 3.05) is 18.4 Å². The molecule has 0 saturated carbocycles. The first-order valence-corrected chi connectivity index (χ1v) is 12.4. The van der Waals surface area contributed by atoms with Crippen molar-refractivity contribution in [2.24, 2.45) is 0 Å². The minimum absolute atomic E-state index is 0.124. The third-order valence-corrected chi connectivity index (χ3v) is 6.68. The highest BCUT2D eigenvalue weighted by atomic mass is 32.2. The van der Waals surface area contributed by atoms with Gasteiger partial charge in [0.2, 0.25) is 0 Å². The van der Waals surface area contributed by atoms with E-state index >= 15 is 0 Å². The van der Waals surface area contributed by atoms with Crippen LogP contribution in [-0.4, -0.2) is 41.6 Å². The average Bonchev–Trinajstić information content (AvgIpc) is 2.83. The van der Waals surface area contributed by atoms with Crippen LogP contribution in [0.2, 0.25) is 0 Å². The molecule has 1 fully saturated rings. The number of amides is 2. The fraction of sp³-hybridized carbons (Fsp3) is 0.333. The van der Waals surface area contributed by atoms with Gasteiger partial charge in [-0.15, -0.1) is 0 Å².